The third-order valence-electron chi connectivity index (χ3n) is 6.96. The number of fused-ring (bicyclic) bond motifs is 3. The molecule has 3 aromatic heterocycles. The Morgan fingerprint density at radius 1 is 1.10 bits per heavy atom. The van der Waals surface area contributed by atoms with Gasteiger partial charge >= 0.3 is 0 Å². The van der Waals surface area contributed by atoms with E-state index in [4.69, 9.17) is 8.53 Å². The summed E-state index contributed by atoms with van der Waals surface area (Å²) in [7, 11) is 2.06. The summed E-state index contributed by atoms with van der Waals surface area (Å²) >= 11 is 0. The monoisotopic (exact) mass is 402 g/mol. The maximum absolute atomic E-state index is 7.69. The quantitative estimate of drug-likeness (QED) is 0.346. The highest BCUT2D eigenvalue weighted by molar-refractivity contribution is 6.08. The van der Waals surface area contributed by atoms with E-state index < -0.39 is 6.85 Å². The molecule has 3 nitrogen and oxygen atoms in total. The number of pyridine rings is 2. The summed E-state index contributed by atoms with van der Waals surface area (Å²) in [4.78, 5) is 4.34. The topological polar surface area (TPSA) is 29.9 Å². The molecule has 0 atom stereocenters. The van der Waals surface area contributed by atoms with E-state index in [9.17, 15) is 0 Å². The fourth-order valence-corrected chi connectivity index (χ4v) is 4.96. The maximum atomic E-state index is 7.69. The molecule has 0 radical (unpaired) electrons. The first-order chi connectivity index (χ1) is 15.5. The molecule has 0 spiro atoms. The molecular formula is C27H31N2O+. The molecule has 0 N–H and O–H groups in total. The van der Waals surface area contributed by atoms with Gasteiger partial charge in [-0.1, -0.05) is 26.0 Å². The number of aryl methyl sites for hydroxylation is 3. The number of hydrogen-bond donors (Lipinski definition) is 0. The molecule has 3 heterocycles. The number of hydrogen-bond acceptors (Lipinski definition) is 2. The molecule has 1 aliphatic rings. The first-order valence-electron chi connectivity index (χ1n) is 12.4. The lowest BCUT2D eigenvalue weighted by Gasteiger charge is -2.34. The molecule has 1 saturated carbocycles. The summed E-state index contributed by atoms with van der Waals surface area (Å²) in [5.74, 6) is 0.580. The van der Waals surface area contributed by atoms with Crippen LogP contribution < -0.4 is 4.57 Å². The standard InChI is InChI=1S/C27H31N2O/c1-17-6-8-21-22-9-7-18(2)28-26(22)30-25(21)24(17)23-16-20(12-15-29(23)5)19-10-13-27(3,4)14-11-19/h6-9,12,15-16,19H,10-11,13-14H2,1-5H3/q+1/i2D3. The molecule has 5 rings (SSSR count). The largest absolute Gasteiger partial charge is 0.437 e. The van der Waals surface area contributed by atoms with E-state index in [1.807, 2.05) is 12.1 Å². The summed E-state index contributed by atoms with van der Waals surface area (Å²) in [5.41, 5.74) is 6.29. The average molecular weight is 403 g/mol. The highest BCUT2D eigenvalue weighted by Gasteiger charge is 2.29. The van der Waals surface area contributed by atoms with Crippen LogP contribution in [0.15, 0.2) is 47.0 Å². The predicted molar refractivity (Wildman–Crippen MR) is 123 cm³/mol. The van der Waals surface area contributed by atoms with Gasteiger partial charge in [-0.05, 0) is 74.1 Å². The van der Waals surface area contributed by atoms with Crippen LogP contribution in [0.5, 0.6) is 0 Å². The van der Waals surface area contributed by atoms with Crippen molar-refractivity contribution in [3.05, 3.63) is 59.4 Å². The number of furan rings is 1. The van der Waals surface area contributed by atoms with E-state index in [1.165, 1.54) is 31.2 Å². The van der Waals surface area contributed by atoms with E-state index in [0.717, 1.165) is 33.2 Å². The minimum atomic E-state index is -2.26. The van der Waals surface area contributed by atoms with Gasteiger partial charge in [-0.25, -0.2) is 9.55 Å². The van der Waals surface area contributed by atoms with Crippen LogP contribution in [0.25, 0.3) is 33.3 Å². The van der Waals surface area contributed by atoms with E-state index in [1.54, 1.807) is 6.07 Å². The lowest BCUT2D eigenvalue weighted by atomic mass is 9.71. The van der Waals surface area contributed by atoms with Crippen molar-refractivity contribution in [1.29, 1.82) is 0 Å². The Bertz CT molecular complexity index is 1360. The third kappa shape index (κ3) is 3.21. The van der Waals surface area contributed by atoms with Crippen molar-refractivity contribution in [2.75, 3.05) is 0 Å². The Balaban J connectivity index is 1.66. The van der Waals surface area contributed by atoms with Gasteiger partial charge in [0, 0.05) is 32.7 Å². The minimum Gasteiger partial charge on any atom is -0.437 e. The first kappa shape index (κ1) is 16.1. The molecule has 0 amide bonds. The van der Waals surface area contributed by atoms with Gasteiger partial charge < -0.3 is 4.42 Å². The van der Waals surface area contributed by atoms with Crippen molar-refractivity contribution >= 4 is 22.1 Å². The van der Waals surface area contributed by atoms with Gasteiger partial charge in [-0.15, -0.1) is 0 Å². The van der Waals surface area contributed by atoms with Gasteiger partial charge in [-0.2, -0.15) is 0 Å². The van der Waals surface area contributed by atoms with Crippen molar-refractivity contribution in [2.24, 2.45) is 12.5 Å². The molecule has 1 fully saturated rings. The zero-order valence-corrected chi connectivity index (χ0v) is 18.2. The first-order valence-corrected chi connectivity index (χ1v) is 10.9. The van der Waals surface area contributed by atoms with Crippen LogP contribution in [0.3, 0.4) is 0 Å². The van der Waals surface area contributed by atoms with E-state index in [-0.39, 0.29) is 5.69 Å². The Labute approximate surface area is 183 Å². The molecule has 154 valence electrons. The average Bonchev–Trinajstić information content (AvgIpc) is 3.12. The molecule has 4 aromatic rings. The lowest BCUT2D eigenvalue weighted by molar-refractivity contribution is -0.660. The highest BCUT2D eigenvalue weighted by Crippen LogP contribution is 2.43. The van der Waals surface area contributed by atoms with Crippen molar-refractivity contribution in [3.8, 4) is 11.3 Å². The van der Waals surface area contributed by atoms with Gasteiger partial charge in [0.1, 0.15) is 7.05 Å². The van der Waals surface area contributed by atoms with Crippen LogP contribution in [0.2, 0.25) is 0 Å². The maximum Gasteiger partial charge on any atom is 0.227 e. The Morgan fingerprint density at radius 2 is 1.87 bits per heavy atom. The second-order valence-corrected chi connectivity index (χ2v) is 9.68. The van der Waals surface area contributed by atoms with Crippen LogP contribution in [0.1, 0.15) is 66.4 Å². The molecule has 30 heavy (non-hydrogen) atoms. The fourth-order valence-electron chi connectivity index (χ4n) is 4.96. The molecule has 0 saturated heterocycles. The highest BCUT2D eigenvalue weighted by atomic mass is 16.3. The number of rotatable bonds is 2. The van der Waals surface area contributed by atoms with Crippen LogP contribution >= 0.6 is 0 Å². The molecule has 1 aromatic carbocycles. The van der Waals surface area contributed by atoms with Gasteiger partial charge in [0.05, 0.1) is 5.56 Å². The van der Waals surface area contributed by atoms with Crippen molar-refractivity contribution in [1.82, 2.24) is 4.98 Å². The molecule has 1 aliphatic carbocycles. The van der Waals surface area contributed by atoms with Crippen LogP contribution in [-0.2, 0) is 7.05 Å². The van der Waals surface area contributed by atoms with Gasteiger partial charge in [0.2, 0.25) is 11.4 Å². The van der Waals surface area contributed by atoms with Gasteiger partial charge in [-0.3, -0.25) is 0 Å². The summed E-state index contributed by atoms with van der Waals surface area (Å²) < 4.78 is 31.5. The van der Waals surface area contributed by atoms with E-state index >= 15 is 0 Å². The van der Waals surface area contributed by atoms with Gasteiger partial charge in [0.25, 0.3) is 0 Å². The Morgan fingerprint density at radius 3 is 2.63 bits per heavy atom. The van der Waals surface area contributed by atoms with E-state index in [0.29, 0.717) is 17.0 Å². The summed E-state index contributed by atoms with van der Waals surface area (Å²) in [6, 6.07) is 12.1. The molecule has 3 heteroatoms. The zero-order valence-electron chi connectivity index (χ0n) is 21.2. The second-order valence-electron chi connectivity index (χ2n) is 9.68. The van der Waals surface area contributed by atoms with Crippen molar-refractivity contribution in [3.63, 3.8) is 0 Å². The normalized spacial score (nSPS) is 19.0. The smallest absolute Gasteiger partial charge is 0.227 e. The Hall–Kier alpha value is -2.68. The van der Waals surface area contributed by atoms with E-state index in [2.05, 4.69) is 61.8 Å². The SMILES string of the molecule is [2H]C([2H])([2H])c1ccc2c(n1)oc1c(-c3cc(C4CCC(C)(C)CC4)cc[n+]3C)c(C)ccc12. The molecule has 0 aliphatic heterocycles. The fraction of sp³-hybridized carbons (Fsp3) is 0.407. The van der Waals surface area contributed by atoms with Crippen LogP contribution in [-0.4, -0.2) is 4.98 Å². The van der Waals surface area contributed by atoms with Crippen LogP contribution in [0, 0.1) is 19.2 Å². The number of nitrogens with zero attached hydrogens (tertiary/aromatic N) is 2. The number of aromatic nitrogens is 2. The minimum absolute atomic E-state index is 0.0557. The van der Waals surface area contributed by atoms with Crippen LogP contribution in [0.4, 0.5) is 0 Å². The van der Waals surface area contributed by atoms with Crippen molar-refractivity contribution in [2.45, 2.75) is 59.2 Å². The molecule has 0 unspecified atom stereocenters. The molecular weight excluding hydrogens is 368 g/mol. The Kier molecular flexibility index (Phi) is 3.72. The summed E-state index contributed by atoms with van der Waals surface area (Å²) in [5, 5.41) is 1.80. The third-order valence-corrected chi connectivity index (χ3v) is 6.96. The summed E-state index contributed by atoms with van der Waals surface area (Å²) in [6.07, 6.45) is 7.09. The van der Waals surface area contributed by atoms with Crippen molar-refractivity contribution < 1.29 is 13.1 Å². The molecule has 0 bridgehead atoms. The van der Waals surface area contributed by atoms with Gasteiger partial charge in [0.15, 0.2) is 11.8 Å². The second kappa shape index (κ2) is 6.94. The summed E-state index contributed by atoms with van der Waals surface area (Å²) in [6.45, 7) is 4.58. The predicted octanol–water partition coefficient (Wildman–Crippen LogP) is 6.77. The number of benzene rings is 1. The lowest BCUT2D eigenvalue weighted by Crippen LogP contribution is -2.31. The zero-order chi connectivity index (χ0) is 23.5.